The van der Waals surface area contributed by atoms with Gasteiger partial charge in [-0.05, 0) is 31.2 Å². The van der Waals surface area contributed by atoms with Gasteiger partial charge in [0.2, 0.25) is 11.9 Å². The highest BCUT2D eigenvalue weighted by molar-refractivity contribution is 6.03. The Balaban J connectivity index is 1.75. The highest BCUT2D eigenvalue weighted by Crippen LogP contribution is 2.41. The Labute approximate surface area is 153 Å². The van der Waals surface area contributed by atoms with Gasteiger partial charge >= 0.3 is 0 Å². The third-order valence-electron chi connectivity index (χ3n) is 4.92. The van der Waals surface area contributed by atoms with E-state index < -0.39 is 0 Å². The molecule has 1 aromatic rings. The molecule has 26 heavy (non-hydrogen) atoms. The van der Waals surface area contributed by atoms with E-state index in [-0.39, 0.29) is 42.3 Å². The van der Waals surface area contributed by atoms with Crippen LogP contribution in [0.25, 0.3) is 0 Å². The topological polar surface area (TPSA) is 91.9 Å². The normalized spacial score (nSPS) is 22.4. The summed E-state index contributed by atoms with van der Waals surface area (Å²) in [7, 11) is 1.57. The second kappa shape index (κ2) is 7.39. The van der Waals surface area contributed by atoms with Crippen molar-refractivity contribution in [3.63, 3.8) is 0 Å². The standard InChI is InChI=1S/C18H26N6O2/c1-5-8-20-18(19-4)21-16(25)10-23-13-6-7-14(13)24-15(17(23)26)9-12(22-24)11(2)3/h8-9,11,13-14H,5-7,10H2,1-4H3,(H,19,21,25)/b20-8-. The van der Waals surface area contributed by atoms with Gasteiger partial charge in [0.05, 0.1) is 17.8 Å². The molecule has 1 aliphatic carbocycles. The average molecular weight is 358 g/mol. The van der Waals surface area contributed by atoms with Crippen molar-refractivity contribution in [2.45, 2.75) is 58.0 Å². The summed E-state index contributed by atoms with van der Waals surface area (Å²) in [6.07, 6.45) is 4.31. The minimum absolute atomic E-state index is 0.00283. The molecule has 1 N–H and O–H groups in total. The van der Waals surface area contributed by atoms with Crippen molar-refractivity contribution >= 4 is 24.0 Å². The average Bonchev–Trinajstić information content (AvgIpc) is 3.00. The Morgan fingerprint density at radius 3 is 2.73 bits per heavy atom. The number of amides is 2. The van der Waals surface area contributed by atoms with Gasteiger partial charge in [-0.1, -0.05) is 20.8 Å². The predicted molar refractivity (Wildman–Crippen MR) is 99.7 cm³/mol. The molecular weight excluding hydrogens is 332 g/mol. The van der Waals surface area contributed by atoms with E-state index in [0.29, 0.717) is 5.69 Å². The molecule has 2 heterocycles. The van der Waals surface area contributed by atoms with Crippen LogP contribution in [0.1, 0.15) is 68.2 Å². The first-order chi connectivity index (χ1) is 12.5. The number of hydrogen-bond acceptors (Lipinski definition) is 4. The molecule has 2 amide bonds. The van der Waals surface area contributed by atoms with Crippen molar-refractivity contribution in [1.82, 2.24) is 20.0 Å². The molecule has 8 heteroatoms. The number of aromatic nitrogens is 2. The Kier molecular flexibility index (Phi) is 5.20. The Hall–Kier alpha value is -2.51. The van der Waals surface area contributed by atoms with E-state index in [2.05, 4.69) is 34.2 Å². The Morgan fingerprint density at radius 2 is 2.15 bits per heavy atom. The number of nitrogens with one attached hydrogen (secondary N) is 1. The van der Waals surface area contributed by atoms with Crippen LogP contribution in [-0.4, -0.2) is 58.3 Å². The van der Waals surface area contributed by atoms with Gasteiger partial charge in [0.15, 0.2) is 0 Å². The summed E-state index contributed by atoms with van der Waals surface area (Å²) in [6.45, 7) is 6.08. The fraction of sp³-hybridized carbons (Fsp3) is 0.611. The number of hydrogen-bond donors (Lipinski definition) is 1. The lowest BCUT2D eigenvalue weighted by atomic mass is 9.83. The number of rotatable bonds is 4. The predicted octanol–water partition coefficient (Wildman–Crippen LogP) is 1.75. The van der Waals surface area contributed by atoms with Crippen molar-refractivity contribution in [2.75, 3.05) is 13.6 Å². The van der Waals surface area contributed by atoms with Crippen molar-refractivity contribution < 1.29 is 9.59 Å². The maximum absolute atomic E-state index is 12.9. The summed E-state index contributed by atoms with van der Waals surface area (Å²) in [5.41, 5.74) is 1.50. The molecule has 0 aromatic carbocycles. The molecular formula is C18H26N6O2. The van der Waals surface area contributed by atoms with Gasteiger partial charge in [-0.25, -0.2) is 4.99 Å². The number of aliphatic imine (C=N–C) groups is 2. The summed E-state index contributed by atoms with van der Waals surface area (Å²) in [6, 6.07) is 2.05. The second-order valence-corrected chi connectivity index (χ2v) is 7.01. The maximum Gasteiger partial charge on any atom is 0.272 e. The Bertz CT molecular complexity index is 764. The number of nitrogens with zero attached hydrogens (tertiary/aromatic N) is 5. The maximum atomic E-state index is 12.9. The fourth-order valence-corrected chi connectivity index (χ4v) is 3.35. The van der Waals surface area contributed by atoms with Crippen LogP contribution in [0, 0.1) is 0 Å². The van der Waals surface area contributed by atoms with Gasteiger partial charge in [0.25, 0.3) is 5.91 Å². The van der Waals surface area contributed by atoms with Crippen LogP contribution in [-0.2, 0) is 4.79 Å². The van der Waals surface area contributed by atoms with Gasteiger partial charge < -0.3 is 4.90 Å². The molecule has 0 saturated heterocycles. The summed E-state index contributed by atoms with van der Waals surface area (Å²) in [5.74, 6) is 0.108. The van der Waals surface area contributed by atoms with Gasteiger partial charge in [-0.2, -0.15) is 5.10 Å². The van der Waals surface area contributed by atoms with Crippen LogP contribution >= 0.6 is 0 Å². The fourth-order valence-electron chi connectivity index (χ4n) is 3.35. The van der Waals surface area contributed by atoms with Crippen LogP contribution in [0.4, 0.5) is 0 Å². The molecule has 0 spiro atoms. The van der Waals surface area contributed by atoms with Crippen molar-refractivity contribution in [1.29, 1.82) is 0 Å². The minimum Gasteiger partial charge on any atom is -0.323 e. The first kappa shape index (κ1) is 18.3. The van der Waals surface area contributed by atoms with E-state index in [4.69, 9.17) is 0 Å². The van der Waals surface area contributed by atoms with E-state index in [0.717, 1.165) is 25.0 Å². The molecule has 1 aliphatic heterocycles. The van der Waals surface area contributed by atoms with E-state index in [1.165, 1.54) is 0 Å². The summed E-state index contributed by atoms with van der Waals surface area (Å²) >= 11 is 0. The molecule has 2 aliphatic rings. The van der Waals surface area contributed by atoms with Gasteiger partial charge in [0, 0.05) is 13.3 Å². The second-order valence-electron chi connectivity index (χ2n) is 7.01. The molecule has 2 unspecified atom stereocenters. The van der Waals surface area contributed by atoms with Crippen LogP contribution < -0.4 is 5.32 Å². The zero-order chi connectivity index (χ0) is 18.8. The summed E-state index contributed by atoms with van der Waals surface area (Å²) < 4.78 is 1.87. The molecule has 1 aromatic heterocycles. The zero-order valence-corrected chi connectivity index (χ0v) is 15.8. The number of guanidine groups is 1. The van der Waals surface area contributed by atoms with Crippen molar-refractivity contribution in [2.24, 2.45) is 9.98 Å². The molecule has 8 nitrogen and oxygen atoms in total. The van der Waals surface area contributed by atoms with E-state index in [1.807, 2.05) is 17.7 Å². The monoisotopic (exact) mass is 358 g/mol. The van der Waals surface area contributed by atoms with Gasteiger partial charge in [0.1, 0.15) is 12.2 Å². The first-order valence-corrected chi connectivity index (χ1v) is 9.15. The van der Waals surface area contributed by atoms with Crippen LogP contribution in [0.2, 0.25) is 0 Å². The zero-order valence-electron chi connectivity index (χ0n) is 15.8. The van der Waals surface area contributed by atoms with Crippen LogP contribution in [0.5, 0.6) is 0 Å². The molecule has 1 fully saturated rings. The summed E-state index contributed by atoms with van der Waals surface area (Å²) in [4.78, 5) is 35.1. The highest BCUT2D eigenvalue weighted by atomic mass is 16.2. The molecule has 140 valence electrons. The molecule has 3 rings (SSSR count). The molecule has 1 saturated carbocycles. The smallest absolute Gasteiger partial charge is 0.272 e. The summed E-state index contributed by atoms with van der Waals surface area (Å²) in [5, 5.41) is 7.30. The first-order valence-electron chi connectivity index (χ1n) is 9.15. The molecule has 2 atom stereocenters. The van der Waals surface area contributed by atoms with E-state index >= 15 is 0 Å². The van der Waals surface area contributed by atoms with Crippen molar-refractivity contribution in [3.05, 3.63) is 17.5 Å². The van der Waals surface area contributed by atoms with Crippen molar-refractivity contribution in [3.8, 4) is 0 Å². The largest absolute Gasteiger partial charge is 0.323 e. The Morgan fingerprint density at radius 1 is 1.42 bits per heavy atom. The lowest BCUT2D eigenvalue weighted by Crippen LogP contribution is -2.58. The number of carbonyl (C=O) groups excluding carboxylic acids is 2. The molecule has 0 radical (unpaired) electrons. The van der Waals surface area contributed by atoms with Gasteiger partial charge in [-0.3, -0.25) is 24.6 Å². The van der Waals surface area contributed by atoms with Crippen LogP contribution in [0.15, 0.2) is 16.1 Å². The minimum atomic E-state index is -0.282. The molecule has 0 bridgehead atoms. The van der Waals surface area contributed by atoms with Gasteiger partial charge in [-0.15, -0.1) is 0 Å². The number of fused-ring (bicyclic) bond motifs is 3. The third kappa shape index (κ3) is 3.27. The highest BCUT2D eigenvalue weighted by Gasteiger charge is 2.46. The lowest BCUT2D eigenvalue weighted by Gasteiger charge is -2.47. The SMILES string of the molecule is CC/C=N\C(=NC)NC(=O)CN1C(=O)c2cc(C(C)C)nn2C2CCC21. The van der Waals surface area contributed by atoms with E-state index in [9.17, 15) is 9.59 Å². The third-order valence-corrected chi connectivity index (χ3v) is 4.92. The van der Waals surface area contributed by atoms with Crippen LogP contribution in [0.3, 0.4) is 0 Å². The lowest BCUT2D eigenvalue weighted by molar-refractivity contribution is -0.121. The van der Waals surface area contributed by atoms with E-state index in [1.54, 1.807) is 18.2 Å². The number of carbonyl (C=O) groups is 2. The quantitative estimate of drug-likeness (QED) is 0.656.